The van der Waals surface area contributed by atoms with Gasteiger partial charge in [-0.2, -0.15) is 0 Å². The van der Waals surface area contributed by atoms with Crippen LogP contribution in [0.1, 0.15) is 36.9 Å². The van der Waals surface area contributed by atoms with Gasteiger partial charge >= 0.3 is 0 Å². The molecular formula is C12H17FN2. The lowest BCUT2D eigenvalue weighted by Gasteiger charge is -2.33. The summed E-state index contributed by atoms with van der Waals surface area (Å²) in [7, 11) is 0. The molecule has 1 aromatic heterocycles. The van der Waals surface area contributed by atoms with Crippen LogP contribution < -0.4 is 5.73 Å². The van der Waals surface area contributed by atoms with Crippen molar-refractivity contribution in [2.24, 2.45) is 5.73 Å². The first-order valence-electron chi connectivity index (χ1n) is 5.48. The molecule has 3 heteroatoms. The minimum absolute atomic E-state index is 0.0632. The smallest absolute Gasteiger partial charge is 0.128 e. The third kappa shape index (κ3) is 1.88. The van der Waals surface area contributed by atoms with Crippen LogP contribution >= 0.6 is 0 Å². The summed E-state index contributed by atoms with van der Waals surface area (Å²) in [6, 6.07) is 3.96. The number of alkyl halides is 1. The first-order chi connectivity index (χ1) is 7.15. The second-order valence-electron chi connectivity index (χ2n) is 4.47. The number of hydrogen-bond donors (Lipinski definition) is 1. The van der Waals surface area contributed by atoms with E-state index >= 15 is 0 Å². The largest absolute Gasteiger partial charge is 0.328 e. The van der Waals surface area contributed by atoms with Crippen molar-refractivity contribution in [3.63, 3.8) is 0 Å². The molecule has 1 aliphatic carbocycles. The summed E-state index contributed by atoms with van der Waals surface area (Å²) in [4.78, 5) is 4.32. The van der Waals surface area contributed by atoms with Crippen LogP contribution in [0, 0.1) is 0 Å². The Balaban J connectivity index is 2.38. The predicted molar refractivity (Wildman–Crippen MR) is 58.5 cm³/mol. The van der Waals surface area contributed by atoms with Gasteiger partial charge in [-0.1, -0.05) is 6.07 Å². The molecule has 0 aromatic carbocycles. The zero-order valence-corrected chi connectivity index (χ0v) is 9.04. The molecule has 0 radical (unpaired) electrons. The monoisotopic (exact) mass is 208 g/mol. The van der Waals surface area contributed by atoms with Gasteiger partial charge in [0, 0.05) is 24.4 Å². The summed E-state index contributed by atoms with van der Waals surface area (Å²) in [6.07, 6.45) is 4.64. The van der Waals surface area contributed by atoms with E-state index in [1.807, 2.05) is 12.1 Å². The summed E-state index contributed by atoms with van der Waals surface area (Å²) < 4.78 is 14.2. The SMILES string of the molecule is CC(F)(CN)C1CCCc2cccnc21. The van der Waals surface area contributed by atoms with Crippen molar-refractivity contribution in [1.82, 2.24) is 4.98 Å². The van der Waals surface area contributed by atoms with Gasteiger partial charge in [0.25, 0.3) is 0 Å². The van der Waals surface area contributed by atoms with E-state index in [1.165, 1.54) is 5.56 Å². The molecule has 0 aliphatic heterocycles. The Labute approximate surface area is 89.7 Å². The summed E-state index contributed by atoms with van der Waals surface area (Å²) in [5, 5.41) is 0. The van der Waals surface area contributed by atoms with E-state index in [2.05, 4.69) is 4.98 Å². The zero-order valence-electron chi connectivity index (χ0n) is 9.04. The van der Waals surface area contributed by atoms with Crippen molar-refractivity contribution in [2.45, 2.75) is 37.8 Å². The maximum Gasteiger partial charge on any atom is 0.128 e. The molecule has 2 rings (SSSR count). The number of fused-ring (bicyclic) bond motifs is 1. The molecule has 0 fully saturated rings. The number of nitrogens with two attached hydrogens (primary N) is 1. The molecule has 0 saturated heterocycles. The highest BCUT2D eigenvalue weighted by atomic mass is 19.1. The molecule has 1 heterocycles. The number of pyridine rings is 1. The highest BCUT2D eigenvalue weighted by Crippen LogP contribution is 2.39. The fraction of sp³-hybridized carbons (Fsp3) is 0.583. The van der Waals surface area contributed by atoms with Crippen LogP contribution in [0.25, 0.3) is 0 Å². The third-order valence-corrected chi connectivity index (χ3v) is 3.32. The predicted octanol–water partition coefficient (Wildman–Crippen LogP) is 2.19. The molecule has 0 amide bonds. The molecule has 2 unspecified atom stereocenters. The Morgan fingerprint density at radius 1 is 1.67 bits per heavy atom. The topological polar surface area (TPSA) is 38.9 Å². The Hall–Kier alpha value is -0.960. The lowest BCUT2D eigenvalue weighted by molar-refractivity contribution is 0.142. The zero-order chi connectivity index (χ0) is 10.9. The van der Waals surface area contributed by atoms with Crippen LogP contribution in [-0.2, 0) is 6.42 Å². The van der Waals surface area contributed by atoms with E-state index in [1.54, 1.807) is 13.1 Å². The van der Waals surface area contributed by atoms with Crippen molar-refractivity contribution in [1.29, 1.82) is 0 Å². The van der Waals surface area contributed by atoms with Crippen molar-refractivity contribution in [2.75, 3.05) is 6.54 Å². The van der Waals surface area contributed by atoms with Crippen LogP contribution in [0.15, 0.2) is 18.3 Å². The van der Waals surface area contributed by atoms with Crippen molar-refractivity contribution in [3.8, 4) is 0 Å². The third-order valence-electron chi connectivity index (χ3n) is 3.32. The maximum absolute atomic E-state index is 14.2. The van der Waals surface area contributed by atoms with Crippen LogP contribution in [-0.4, -0.2) is 17.2 Å². The number of aromatic nitrogens is 1. The van der Waals surface area contributed by atoms with Crippen LogP contribution in [0.2, 0.25) is 0 Å². The van der Waals surface area contributed by atoms with Gasteiger partial charge in [0.1, 0.15) is 5.67 Å². The Kier molecular flexibility index (Phi) is 2.74. The van der Waals surface area contributed by atoms with Gasteiger partial charge in [-0.3, -0.25) is 4.98 Å². The molecule has 0 saturated carbocycles. The number of aryl methyl sites for hydroxylation is 1. The second kappa shape index (κ2) is 3.89. The Morgan fingerprint density at radius 3 is 3.20 bits per heavy atom. The molecule has 1 aromatic rings. The Morgan fingerprint density at radius 2 is 2.47 bits per heavy atom. The fourth-order valence-electron chi connectivity index (χ4n) is 2.34. The van der Waals surface area contributed by atoms with E-state index in [0.29, 0.717) is 0 Å². The number of halogens is 1. The molecule has 0 bridgehead atoms. The molecule has 2 nitrogen and oxygen atoms in total. The van der Waals surface area contributed by atoms with Crippen LogP contribution in [0.3, 0.4) is 0 Å². The average molecular weight is 208 g/mol. The van der Waals surface area contributed by atoms with Gasteiger partial charge in [-0.25, -0.2) is 4.39 Å². The molecule has 15 heavy (non-hydrogen) atoms. The first kappa shape index (κ1) is 10.6. The molecule has 1 aliphatic rings. The molecule has 82 valence electrons. The quantitative estimate of drug-likeness (QED) is 0.809. The van der Waals surface area contributed by atoms with Gasteiger partial charge < -0.3 is 5.73 Å². The van der Waals surface area contributed by atoms with E-state index in [9.17, 15) is 4.39 Å². The highest BCUT2D eigenvalue weighted by molar-refractivity contribution is 5.28. The normalized spacial score (nSPS) is 24.3. The molecule has 0 spiro atoms. The van der Waals surface area contributed by atoms with Gasteiger partial charge in [0.15, 0.2) is 0 Å². The Bertz CT molecular complexity index is 349. The van der Waals surface area contributed by atoms with E-state index < -0.39 is 5.67 Å². The van der Waals surface area contributed by atoms with Gasteiger partial charge in [-0.15, -0.1) is 0 Å². The molecule has 2 atom stereocenters. The number of rotatable bonds is 2. The van der Waals surface area contributed by atoms with E-state index in [0.717, 1.165) is 25.0 Å². The van der Waals surface area contributed by atoms with Crippen molar-refractivity contribution < 1.29 is 4.39 Å². The van der Waals surface area contributed by atoms with Crippen molar-refractivity contribution >= 4 is 0 Å². The summed E-state index contributed by atoms with van der Waals surface area (Å²) in [6.45, 7) is 1.65. The molecular weight excluding hydrogens is 191 g/mol. The summed E-state index contributed by atoms with van der Waals surface area (Å²) >= 11 is 0. The number of nitrogens with zero attached hydrogens (tertiary/aromatic N) is 1. The average Bonchev–Trinajstić information content (AvgIpc) is 2.28. The lowest BCUT2D eigenvalue weighted by Crippen LogP contribution is -2.38. The van der Waals surface area contributed by atoms with Crippen LogP contribution in [0.5, 0.6) is 0 Å². The minimum atomic E-state index is -1.33. The second-order valence-corrected chi connectivity index (χ2v) is 4.47. The maximum atomic E-state index is 14.2. The first-order valence-corrected chi connectivity index (χ1v) is 5.48. The lowest BCUT2D eigenvalue weighted by atomic mass is 9.77. The van der Waals surface area contributed by atoms with E-state index in [4.69, 9.17) is 5.73 Å². The summed E-state index contributed by atoms with van der Waals surface area (Å²) in [5.74, 6) is -0.132. The van der Waals surface area contributed by atoms with E-state index in [-0.39, 0.29) is 12.5 Å². The molecule has 2 N–H and O–H groups in total. The van der Waals surface area contributed by atoms with Gasteiger partial charge in [0.2, 0.25) is 0 Å². The van der Waals surface area contributed by atoms with Crippen LogP contribution in [0.4, 0.5) is 4.39 Å². The van der Waals surface area contributed by atoms with Gasteiger partial charge in [0.05, 0.1) is 0 Å². The fourth-order valence-corrected chi connectivity index (χ4v) is 2.34. The van der Waals surface area contributed by atoms with Crippen molar-refractivity contribution in [3.05, 3.63) is 29.6 Å². The van der Waals surface area contributed by atoms with Gasteiger partial charge in [-0.05, 0) is 37.8 Å². The minimum Gasteiger partial charge on any atom is -0.328 e. The number of hydrogen-bond acceptors (Lipinski definition) is 2. The standard InChI is InChI=1S/C12H17FN2/c1-12(13,8-14)10-6-2-4-9-5-3-7-15-11(9)10/h3,5,7,10H,2,4,6,8,14H2,1H3. The summed E-state index contributed by atoms with van der Waals surface area (Å²) in [5.41, 5.74) is 6.26. The highest BCUT2D eigenvalue weighted by Gasteiger charge is 2.37.